The van der Waals surface area contributed by atoms with Crippen molar-refractivity contribution in [3.63, 3.8) is 0 Å². The number of carbonyl (C=O) groups is 1. The number of hydrogen-bond donors (Lipinski definition) is 1. The van der Waals surface area contributed by atoms with Crippen LogP contribution in [-0.4, -0.2) is 32.0 Å². The summed E-state index contributed by atoms with van der Waals surface area (Å²) < 4.78 is 13.8. The van der Waals surface area contributed by atoms with Gasteiger partial charge in [-0.25, -0.2) is 9.67 Å². The minimum absolute atomic E-state index is 0.128. The molecule has 1 aliphatic heterocycles. The number of benzene rings is 1. The Morgan fingerprint density at radius 1 is 1.16 bits per heavy atom. The molecular formula is C22H23N5O4. The zero-order valence-electron chi connectivity index (χ0n) is 17.5. The lowest BCUT2D eigenvalue weighted by atomic mass is 10.2. The normalized spacial score (nSPS) is 14.0. The highest BCUT2D eigenvalue weighted by Crippen LogP contribution is 2.32. The lowest BCUT2D eigenvalue weighted by molar-refractivity contribution is -0.121. The molecule has 2 aromatic heterocycles. The molecule has 0 atom stereocenters. The number of aromatic nitrogens is 4. The molecule has 2 aliphatic rings. The summed E-state index contributed by atoms with van der Waals surface area (Å²) in [6, 6.07) is 7.45. The van der Waals surface area contributed by atoms with E-state index in [2.05, 4.69) is 10.4 Å². The summed E-state index contributed by atoms with van der Waals surface area (Å²) in [5, 5.41) is 7.36. The molecule has 3 aromatic rings. The largest absolute Gasteiger partial charge is 0.454 e. The van der Waals surface area contributed by atoms with Gasteiger partial charge in [-0.1, -0.05) is 6.07 Å². The van der Waals surface area contributed by atoms with Crippen LogP contribution in [0.15, 0.2) is 29.1 Å². The minimum Gasteiger partial charge on any atom is -0.454 e. The van der Waals surface area contributed by atoms with E-state index in [1.807, 2.05) is 38.1 Å². The number of rotatable bonds is 5. The fourth-order valence-corrected chi connectivity index (χ4v) is 4.10. The first kappa shape index (κ1) is 19.3. The van der Waals surface area contributed by atoms with Gasteiger partial charge < -0.3 is 14.8 Å². The van der Waals surface area contributed by atoms with E-state index in [0.717, 1.165) is 35.5 Å². The minimum atomic E-state index is -0.276. The molecule has 160 valence electrons. The summed E-state index contributed by atoms with van der Waals surface area (Å²) in [6.07, 6.45) is 2.36. The van der Waals surface area contributed by atoms with E-state index in [9.17, 15) is 9.59 Å². The van der Waals surface area contributed by atoms with Gasteiger partial charge in [0, 0.05) is 17.8 Å². The first-order valence-corrected chi connectivity index (χ1v) is 10.3. The van der Waals surface area contributed by atoms with Crippen molar-refractivity contribution >= 4 is 5.91 Å². The topological polar surface area (TPSA) is 100 Å². The van der Waals surface area contributed by atoms with Crippen LogP contribution in [0, 0.1) is 13.8 Å². The van der Waals surface area contributed by atoms with E-state index in [1.54, 1.807) is 4.68 Å². The zero-order chi connectivity index (χ0) is 21.5. The van der Waals surface area contributed by atoms with Gasteiger partial charge in [-0.2, -0.15) is 5.10 Å². The Labute approximate surface area is 178 Å². The summed E-state index contributed by atoms with van der Waals surface area (Å²) in [4.78, 5) is 30.7. The molecule has 9 nitrogen and oxygen atoms in total. The average Bonchev–Trinajstić information content (AvgIpc) is 3.47. The summed E-state index contributed by atoms with van der Waals surface area (Å²) >= 11 is 0. The van der Waals surface area contributed by atoms with Crippen molar-refractivity contribution < 1.29 is 14.3 Å². The summed E-state index contributed by atoms with van der Waals surface area (Å²) in [6.45, 7) is 4.19. The molecular weight excluding hydrogens is 398 g/mol. The Kier molecular flexibility index (Phi) is 4.72. The number of nitrogens with zero attached hydrogens (tertiary/aromatic N) is 4. The predicted molar refractivity (Wildman–Crippen MR) is 112 cm³/mol. The Balaban J connectivity index is 1.41. The van der Waals surface area contributed by atoms with E-state index in [4.69, 9.17) is 14.5 Å². The number of ether oxygens (including phenoxy) is 2. The zero-order valence-corrected chi connectivity index (χ0v) is 17.5. The van der Waals surface area contributed by atoms with Gasteiger partial charge in [0.1, 0.15) is 6.54 Å². The van der Waals surface area contributed by atoms with Crippen LogP contribution in [0.25, 0.3) is 5.95 Å². The van der Waals surface area contributed by atoms with Gasteiger partial charge in [-0.3, -0.25) is 14.2 Å². The van der Waals surface area contributed by atoms with Crippen molar-refractivity contribution in [2.75, 3.05) is 6.79 Å². The van der Waals surface area contributed by atoms with Crippen LogP contribution in [0.4, 0.5) is 0 Å². The molecule has 9 heteroatoms. The number of carbonyl (C=O) groups excluding carboxylic acids is 1. The third kappa shape index (κ3) is 3.56. The molecule has 0 radical (unpaired) electrons. The summed E-state index contributed by atoms with van der Waals surface area (Å²) in [5.41, 5.74) is 3.92. The quantitative estimate of drug-likeness (QED) is 0.671. The van der Waals surface area contributed by atoms with Crippen molar-refractivity contribution in [2.45, 2.75) is 46.2 Å². The maximum atomic E-state index is 13.2. The van der Waals surface area contributed by atoms with Crippen LogP contribution in [-0.2, 0) is 30.7 Å². The Bertz CT molecular complexity index is 1240. The Morgan fingerprint density at radius 3 is 2.81 bits per heavy atom. The van der Waals surface area contributed by atoms with Crippen LogP contribution in [0.1, 0.15) is 34.6 Å². The van der Waals surface area contributed by atoms with Gasteiger partial charge in [0.15, 0.2) is 11.5 Å². The number of fused-ring (bicyclic) bond motifs is 2. The van der Waals surface area contributed by atoms with E-state index in [-0.39, 0.29) is 24.8 Å². The molecule has 31 heavy (non-hydrogen) atoms. The highest BCUT2D eigenvalue weighted by molar-refractivity contribution is 5.76. The summed E-state index contributed by atoms with van der Waals surface area (Å²) in [7, 11) is 0. The molecule has 0 saturated carbocycles. The Morgan fingerprint density at radius 2 is 2.00 bits per heavy atom. The second-order valence-electron chi connectivity index (χ2n) is 7.89. The average molecular weight is 421 g/mol. The number of aryl methyl sites for hydroxylation is 3. The highest BCUT2D eigenvalue weighted by atomic mass is 16.7. The molecule has 0 unspecified atom stereocenters. The van der Waals surface area contributed by atoms with E-state index < -0.39 is 0 Å². The molecule has 0 saturated heterocycles. The lowest BCUT2D eigenvalue weighted by Crippen LogP contribution is -2.36. The van der Waals surface area contributed by atoms with Gasteiger partial charge in [0.05, 0.1) is 11.4 Å². The van der Waals surface area contributed by atoms with Crippen LogP contribution in [0.5, 0.6) is 11.5 Å². The number of amides is 1. The van der Waals surface area contributed by atoms with Crippen molar-refractivity contribution in [2.24, 2.45) is 0 Å². The van der Waals surface area contributed by atoms with Crippen molar-refractivity contribution in [1.82, 2.24) is 24.6 Å². The Hall–Kier alpha value is -3.62. The smallest absolute Gasteiger partial charge is 0.258 e. The monoisotopic (exact) mass is 421 g/mol. The van der Waals surface area contributed by atoms with Crippen LogP contribution >= 0.6 is 0 Å². The molecule has 1 N–H and O–H groups in total. The first-order chi connectivity index (χ1) is 15.0. The molecule has 0 spiro atoms. The molecule has 1 aliphatic carbocycles. The van der Waals surface area contributed by atoms with Crippen molar-refractivity contribution in [1.29, 1.82) is 0 Å². The fraction of sp³-hybridized carbons (Fsp3) is 0.364. The molecule has 1 amide bonds. The predicted octanol–water partition coefficient (Wildman–Crippen LogP) is 1.58. The molecule has 0 fully saturated rings. The third-order valence-electron chi connectivity index (χ3n) is 5.60. The SMILES string of the molecule is Cc1cc(C)n(-c2nc3c(c(=O)n2CC(=O)NCc2ccc4c(c2)OCO4)CCC3)n1. The molecule has 3 heterocycles. The van der Waals surface area contributed by atoms with E-state index in [0.29, 0.717) is 36.0 Å². The maximum Gasteiger partial charge on any atom is 0.258 e. The van der Waals surface area contributed by atoms with Gasteiger partial charge in [-0.05, 0) is 56.9 Å². The van der Waals surface area contributed by atoms with Crippen molar-refractivity contribution in [3.8, 4) is 17.4 Å². The first-order valence-electron chi connectivity index (χ1n) is 10.3. The van der Waals surface area contributed by atoms with Gasteiger partial charge in [0.2, 0.25) is 18.6 Å². The summed E-state index contributed by atoms with van der Waals surface area (Å²) in [5.74, 6) is 1.47. The number of nitrogens with one attached hydrogen (secondary N) is 1. The maximum absolute atomic E-state index is 13.2. The van der Waals surface area contributed by atoms with Crippen molar-refractivity contribution in [3.05, 3.63) is 62.8 Å². The fourth-order valence-electron chi connectivity index (χ4n) is 4.10. The second-order valence-corrected chi connectivity index (χ2v) is 7.89. The van der Waals surface area contributed by atoms with Gasteiger partial charge >= 0.3 is 0 Å². The molecule has 0 bridgehead atoms. The molecule has 5 rings (SSSR count). The molecule has 1 aromatic carbocycles. The van der Waals surface area contributed by atoms with Gasteiger partial charge in [0.25, 0.3) is 5.56 Å². The van der Waals surface area contributed by atoms with Crippen LogP contribution in [0.3, 0.4) is 0 Å². The standard InChI is InChI=1S/C22H23N5O4/c1-13-8-14(2)27(25-13)22-24-17-5-3-4-16(17)21(29)26(22)11-20(28)23-10-15-6-7-18-19(9-15)31-12-30-18/h6-9H,3-5,10-12H2,1-2H3,(H,23,28). The van der Waals surface area contributed by atoms with Crippen LogP contribution < -0.4 is 20.3 Å². The lowest BCUT2D eigenvalue weighted by Gasteiger charge is -2.15. The van der Waals surface area contributed by atoms with Crippen LogP contribution in [0.2, 0.25) is 0 Å². The third-order valence-corrected chi connectivity index (χ3v) is 5.60. The highest BCUT2D eigenvalue weighted by Gasteiger charge is 2.24. The van der Waals surface area contributed by atoms with Gasteiger partial charge in [-0.15, -0.1) is 0 Å². The van der Waals surface area contributed by atoms with E-state index in [1.165, 1.54) is 4.57 Å². The number of hydrogen-bond acceptors (Lipinski definition) is 6. The second kappa shape index (κ2) is 7.57. The van der Waals surface area contributed by atoms with E-state index >= 15 is 0 Å².